The molecule has 0 aliphatic rings. The van der Waals surface area contributed by atoms with Crippen LogP contribution in [-0.4, -0.2) is 47.1 Å². The number of hydrogen-bond donors (Lipinski definition) is 5. The van der Waals surface area contributed by atoms with Gasteiger partial charge < -0.3 is 21.7 Å². The van der Waals surface area contributed by atoms with E-state index < -0.39 is 36.1 Å². The molecule has 9 heteroatoms. The minimum absolute atomic E-state index is 0.190. The smallest absolute Gasteiger partial charge is 0.321 e. The van der Waals surface area contributed by atoms with Crippen molar-refractivity contribution < 1.29 is 25.6 Å². The second-order valence-corrected chi connectivity index (χ2v) is 8.17. The highest BCUT2D eigenvalue weighted by Gasteiger charge is 2.33. The summed E-state index contributed by atoms with van der Waals surface area (Å²) in [4.78, 5) is 18.9. The highest BCUT2D eigenvalue weighted by atomic mass is 35.5. The fraction of sp³-hybridized carbons (Fsp3) is 0.259. The molecule has 2 unspecified atom stereocenters. The summed E-state index contributed by atoms with van der Waals surface area (Å²) >= 11 is 10.8. The summed E-state index contributed by atoms with van der Waals surface area (Å²) in [5, 5.41) is 16.1. The van der Waals surface area contributed by atoms with E-state index in [1.807, 2.05) is 54.6 Å². The summed E-state index contributed by atoms with van der Waals surface area (Å²) in [5.74, 6) is -1.74. The summed E-state index contributed by atoms with van der Waals surface area (Å²) in [6.07, 6.45) is 0.495. The number of aliphatic carboxylic acids is 2. The maximum Gasteiger partial charge on any atom is 0.321 e. The Balaban J connectivity index is 0.000000631. The summed E-state index contributed by atoms with van der Waals surface area (Å²) in [5.41, 5.74) is 13.2. The summed E-state index contributed by atoms with van der Waals surface area (Å²) in [7, 11) is -1.00. The molecule has 3 rings (SSSR count). The highest BCUT2D eigenvalue weighted by Crippen LogP contribution is 2.42. The van der Waals surface area contributed by atoms with Crippen LogP contribution in [0.3, 0.4) is 0 Å². The first kappa shape index (κ1) is 31.1. The fourth-order valence-electron chi connectivity index (χ4n) is 2.76. The number of hydrogen-bond acceptors (Lipinski definition) is 5. The minimum atomic E-state index is -1.00. The Labute approximate surface area is 223 Å². The molecule has 2 atom stereocenters. The molecule has 196 valence electrons. The number of alkyl halides is 2. The fourth-order valence-corrected chi connectivity index (χ4v) is 3.29. The molecule has 0 heterocycles. The van der Waals surface area contributed by atoms with E-state index in [1.165, 1.54) is 0 Å². The van der Waals surface area contributed by atoms with Crippen molar-refractivity contribution in [1.82, 2.24) is 0 Å². The van der Waals surface area contributed by atoms with Gasteiger partial charge in [0.15, 0.2) is 0 Å². The van der Waals surface area contributed by atoms with Crippen LogP contribution in [0.2, 0.25) is 0 Å². The number of benzene rings is 3. The summed E-state index contributed by atoms with van der Waals surface area (Å²) < 4.78 is 15.5. The van der Waals surface area contributed by atoms with Gasteiger partial charge in [0.25, 0.3) is 0 Å². The summed E-state index contributed by atoms with van der Waals surface area (Å²) in [6.45, 7) is 1.73. The first-order valence-corrected chi connectivity index (χ1v) is 11.9. The lowest BCUT2D eigenvalue weighted by Crippen LogP contribution is -2.31. The molecule has 0 aromatic heterocycles. The number of nitrogens with two attached hydrogens (primary N) is 2. The van der Waals surface area contributed by atoms with Crippen LogP contribution in [0.15, 0.2) is 91.0 Å². The molecule has 0 aliphatic heterocycles. The molecule has 0 bridgehead atoms. The average Bonchev–Trinajstić information content (AvgIpc) is 2.94. The molecule has 3 aromatic rings. The van der Waals surface area contributed by atoms with Gasteiger partial charge in [0.05, 0.1) is 8.52 Å². The lowest BCUT2D eigenvalue weighted by molar-refractivity contribution is -0.139. The third kappa shape index (κ3) is 10.8. The van der Waals surface area contributed by atoms with Gasteiger partial charge in [-0.05, 0) is 23.1 Å². The first-order chi connectivity index (χ1) is 17.6. The number of halogens is 2. The van der Waals surface area contributed by atoms with Gasteiger partial charge in [-0.25, -0.2) is 0 Å². The molecule has 6 nitrogen and oxygen atoms in total. The maximum atomic E-state index is 9.96. The lowest BCUT2D eigenvalue weighted by atomic mass is 9.84. The average molecular weight is 538 g/mol. The molecular weight excluding hydrogens is 503 g/mol. The Hall–Kier alpha value is -2.91. The lowest BCUT2D eigenvalue weighted by Gasteiger charge is -2.29. The van der Waals surface area contributed by atoms with Crippen LogP contribution in [0.4, 0.5) is 4.39 Å². The minimum Gasteiger partial charge on any atom is -0.480 e. The molecule has 0 radical (unpaired) electrons. The Kier molecular flexibility index (Phi) is 15.9. The second-order valence-electron chi connectivity index (χ2n) is 7.24. The molecule has 3 aromatic carbocycles. The van der Waals surface area contributed by atoms with Crippen LogP contribution in [0.1, 0.15) is 31.4 Å². The Morgan fingerprint density at radius 1 is 0.861 bits per heavy atom. The Morgan fingerprint density at radius 2 is 1.14 bits per heavy atom. The molecule has 0 aliphatic carbocycles. The van der Waals surface area contributed by atoms with E-state index in [4.69, 9.17) is 34.7 Å². The monoisotopic (exact) mass is 537 g/mol. The van der Waals surface area contributed by atoms with Crippen molar-refractivity contribution >= 4 is 36.2 Å². The Bertz CT molecular complexity index is 904. The number of carboxylic acids is 2. The van der Waals surface area contributed by atoms with E-state index >= 15 is 0 Å². The second kappa shape index (κ2) is 18.4. The third-order valence-corrected chi connectivity index (χ3v) is 5.83. The van der Waals surface area contributed by atoms with Gasteiger partial charge in [-0.3, -0.25) is 14.0 Å². The zero-order chi connectivity index (χ0) is 28.3. The van der Waals surface area contributed by atoms with Gasteiger partial charge >= 0.3 is 11.9 Å². The molecule has 0 amide bonds. The van der Waals surface area contributed by atoms with E-state index in [9.17, 15) is 14.0 Å². The van der Waals surface area contributed by atoms with E-state index in [2.05, 4.69) is 49.0 Å². The van der Waals surface area contributed by atoms with Gasteiger partial charge in [0.2, 0.25) is 0 Å². The van der Waals surface area contributed by atoms with Crippen molar-refractivity contribution in [2.45, 2.75) is 30.3 Å². The zero-order valence-electron chi connectivity index (χ0n) is 21.0. The number of rotatable bonds is 7. The predicted octanol–water partition coefficient (Wildman–Crippen LogP) is 4.94. The normalized spacial score (nSPS) is 12.0. The van der Waals surface area contributed by atoms with Gasteiger partial charge in [0, 0.05) is 5.75 Å². The molecule has 36 heavy (non-hydrogen) atoms. The third-order valence-electron chi connectivity index (χ3n) is 4.79. The SMILES string of the molecule is CCC(N)C(=O)O.ClC(c1ccccc1)(c1ccccc1)c1ccccc1.NC(CS)C(=O)O.[2H]CF. The van der Waals surface area contributed by atoms with Gasteiger partial charge in [-0.1, -0.05) is 97.9 Å². The van der Waals surface area contributed by atoms with Crippen LogP contribution in [0, 0.1) is 0 Å². The molecule has 0 fully saturated rings. The molecular formula is C27H34ClFN2O4S. The summed E-state index contributed by atoms with van der Waals surface area (Å²) in [6, 6.07) is 29.2. The van der Waals surface area contributed by atoms with Crippen molar-refractivity contribution in [3.05, 3.63) is 108 Å². The van der Waals surface area contributed by atoms with Crippen molar-refractivity contribution in [2.75, 3.05) is 12.9 Å². The van der Waals surface area contributed by atoms with Gasteiger partial charge in [0.1, 0.15) is 17.0 Å². The largest absolute Gasteiger partial charge is 0.480 e. The number of carboxylic acid groups (broad SMARTS) is 2. The van der Waals surface area contributed by atoms with Crippen LogP contribution in [-0.2, 0) is 14.5 Å². The highest BCUT2D eigenvalue weighted by molar-refractivity contribution is 7.80. The quantitative estimate of drug-likeness (QED) is 0.165. The van der Waals surface area contributed by atoms with Crippen molar-refractivity contribution in [1.29, 1.82) is 0 Å². The number of carbonyl (C=O) groups is 2. The first-order valence-electron chi connectivity index (χ1n) is 11.6. The molecule has 0 spiro atoms. The van der Waals surface area contributed by atoms with E-state index in [-0.39, 0.29) is 5.75 Å². The predicted molar refractivity (Wildman–Crippen MR) is 147 cm³/mol. The van der Waals surface area contributed by atoms with Crippen LogP contribution < -0.4 is 11.5 Å². The van der Waals surface area contributed by atoms with Crippen molar-refractivity contribution in [2.24, 2.45) is 11.5 Å². The topological polar surface area (TPSA) is 127 Å². The molecule has 0 saturated heterocycles. The maximum absolute atomic E-state index is 9.96. The van der Waals surface area contributed by atoms with E-state index in [0.29, 0.717) is 6.42 Å². The standard InChI is InChI=1S/C19H15Cl.C4H9NO2.C3H7NO2S.CH3F/c20-19(16-10-4-1-5-11-16,17-12-6-2-7-13-17)18-14-8-3-9-15-18;1-2-3(5)4(6)7;4-2(1-7)3(5)6;1-2/h1-15H;3H,2,5H2,1H3,(H,6,7);2,7H,1,4H2,(H,5,6);1H3/i;;;1D. The molecule has 0 saturated carbocycles. The number of thiol groups is 1. The van der Waals surface area contributed by atoms with E-state index in [0.717, 1.165) is 16.7 Å². The van der Waals surface area contributed by atoms with E-state index in [1.54, 1.807) is 6.92 Å². The van der Waals surface area contributed by atoms with Crippen molar-refractivity contribution in [3.8, 4) is 0 Å². The van der Waals surface area contributed by atoms with Crippen molar-refractivity contribution in [3.63, 3.8) is 0 Å². The van der Waals surface area contributed by atoms with Gasteiger partial charge in [-0.15, -0.1) is 11.6 Å². The van der Waals surface area contributed by atoms with Crippen LogP contribution in [0.5, 0.6) is 0 Å². The van der Waals surface area contributed by atoms with Crippen LogP contribution >= 0.6 is 24.2 Å². The Morgan fingerprint density at radius 3 is 1.28 bits per heavy atom. The zero-order valence-corrected chi connectivity index (χ0v) is 21.7. The molecule has 6 N–H and O–H groups in total. The van der Waals surface area contributed by atoms with Gasteiger partial charge in [-0.2, -0.15) is 12.6 Å². The van der Waals surface area contributed by atoms with Crippen LogP contribution in [0.25, 0.3) is 0 Å².